The molecule has 2 rings (SSSR count). The maximum absolute atomic E-state index is 13.9. The lowest BCUT2D eigenvalue weighted by atomic mass is 10.0. The lowest BCUT2D eigenvalue weighted by Crippen LogP contribution is -1.91. The van der Waals surface area contributed by atoms with Crippen molar-refractivity contribution in [2.45, 2.75) is 6.92 Å². The van der Waals surface area contributed by atoms with Gasteiger partial charge in [-0.3, -0.25) is 0 Å². The minimum absolute atomic E-state index is 0.262. The van der Waals surface area contributed by atoms with E-state index in [1.54, 1.807) is 13.2 Å². The van der Waals surface area contributed by atoms with E-state index in [1.807, 2.05) is 31.2 Å². The van der Waals surface area contributed by atoms with Gasteiger partial charge in [0, 0.05) is 15.6 Å². The van der Waals surface area contributed by atoms with Gasteiger partial charge in [-0.25, -0.2) is 4.39 Å². The molecule has 0 heterocycles. The molecule has 2 aromatic rings. The first-order valence-corrected chi connectivity index (χ1v) is 6.01. The van der Waals surface area contributed by atoms with Gasteiger partial charge in [0.25, 0.3) is 0 Å². The Labute approximate surface area is 108 Å². The molecule has 0 N–H and O–H groups in total. The van der Waals surface area contributed by atoms with Crippen LogP contribution in [0.3, 0.4) is 0 Å². The van der Waals surface area contributed by atoms with Crippen LogP contribution < -0.4 is 4.74 Å². The SMILES string of the molecule is COc1cc(C)ccc1-c1ccc(Br)cc1F. The van der Waals surface area contributed by atoms with Gasteiger partial charge in [0.15, 0.2) is 0 Å². The largest absolute Gasteiger partial charge is 0.496 e. The summed E-state index contributed by atoms with van der Waals surface area (Å²) in [6, 6.07) is 10.7. The van der Waals surface area contributed by atoms with Crippen molar-refractivity contribution in [3.05, 3.63) is 52.3 Å². The topological polar surface area (TPSA) is 9.23 Å². The van der Waals surface area contributed by atoms with Gasteiger partial charge in [-0.2, -0.15) is 0 Å². The summed E-state index contributed by atoms with van der Waals surface area (Å²) in [4.78, 5) is 0. The fourth-order valence-electron chi connectivity index (χ4n) is 1.73. The van der Waals surface area contributed by atoms with Crippen molar-refractivity contribution in [1.82, 2.24) is 0 Å². The molecule has 0 bridgehead atoms. The van der Waals surface area contributed by atoms with Crippen LogP contribution in [0.5, 0.6) is 5.75 Å². The van der Waals surface area contributed by atoms with E-state index in [0.717, 1.165) is 15.6 Å². The van der Waals surface area contributed by atoms with E-state index in [-0.39, 0.29) is 5.82 Å². The van der Waals surface area contributed by atoms with E-state index >= 15 is 0 Å². The molecule has 0 spiro atoms. The van der Waals surface area contributed by atoms with Gasteiger partial charge in [0.2, 0.25) is 0 Å². The fraction of sp³-hybridized carbons (Fsp3) is 0.143. The highest BCUT2D eigenvalue weighted by molar-refractivity contribution is 9.10. The Hall–Kier alpha value is -1.35. The molecule has 3 heteroatoms. The number of rotatable bonds is 2. The number of aryl methyl sites for hydroxylation is 1. The van der Waals surface area contributed by atoms with Crippen LogP contribution in [-0.4, -0.2) is 7.11 Å². The number of ether oxygens (including phenoxy) is 1. The first-order chi connectivity index (χ1) is 8.11. The highest BCUT2D eigenvalue weighted by Gasteiger charge is 2.10. The molecular weight excluding hydrogens is 283 g/mol. The van der Waals surface area contributed by atoms with Crippen molar-refractivity contribution in [2.75, 3.05) is 7.11 Å². The summed E-state index contributed by atoms with van der Waals surface area (Å²) in [5.74, 6) is 0.424. The fourth-order valence-corrected chi connectivity index (χ4v) is 2.06. The standard InChI is InChI=1S/C14H12BrFO/c1-9-3-5-12(14(7-9)17-2)11-6-4-10(15)8-13(11)16/h3-8H,1-2H3. The molecule has 0 aliphatic carbocycles. The van der Waals surface area contributed by atoms with E-state index in [4.69, 9.17) is 4.74 Å². The minimum atomic E-state index is -0.262. The quantitative estimate of drug-likeness (QED) is 0.788. The van der Waals surface area contributed by atoms with Gasteiger partial charge in [0.1, 0.15) is 11.6 Å². The van der Waals surface area contributed by atoms with Crippen molar-refractivity contribution in [3.63, 3.8) is 0 Å². The molecule has 88 valence electrons. The van der Waals surface area contributed by atoms with Crippen LogP contribution in [0.15, 0.2) is 40.9 Å². The van der Waals surface area contributed by atoms with E-state index in [2.05, 4.69) is 15.9 Å². The molecular formula is C14H12BrFO. The Morgan fingerprint density at radius 1 is 1.06 bits per heavy atom. The van der Waals surface area contributed by atoms with Crippen molar-refractivity contribution in [2.24, 2.45) is 0 Å². The Morgan fingerprint density at radius 3 is 2.41 bits per heavy atom. The second kappa shape index (κ2) is 4.88. The van der Waals surface area contributed by atoms with Gasteiger partial charge in [-0.1, -0.05) is 34.1 Å². The Morgan fingerprint density at radius 2 is 1.76 bits per heavy atom. The van der Waals surface area contributed by atoms with Crippen LogP contribution in [0, 0.1) is 12.7 Å². The predicted octanol–water partition coefficient (Wildman–Crippen LogP) is 4.57. The molecule has 0 fully saturated rings. The van der Waals surface area contributed by atoms with Gasteiger partial charge < -0.3 is 4.74 Å². The Bertz CT molecular complexity index is 552. The predicted molar refractivity (Wildman–Crippen MR) is 70.8 cm³/mol. The van der Waals surface area contributed by atoms with Crippen LogP contribution in [0.2, 0.25) is 0 Å². The summed E-state index contributed by atoms with van der Waals surface area (Å²) >= 11 is 3.24. The highest BCUT2D eigenvalue weighted by Crippen LogP contribution is 2.33. The molecule has 0 amide bonds. The summed E-state index contributed by atoms with van der Waals surface area (Å²) in [6.45, 7) is 1.98. The molecule has 0 saturated carbocycles. The van der Waals surface area contributed by atoms with Gasteiger partial charge in [0.05, 0.1) is 7.11 Å². The molecule has 0 aliphatic heterocycles. The second-order valence-corrected chi connectivity index (χ2v) is 4.74. The summed E-state index contributed by atoms with van der Waals surface area (Å²) in [6.07, 6.45) is 0. The number of hydrogen-bond acceptors (Lipinski definition) is 1. The van der Waals surface area contributed by atoms with Crippen LogP contribution in [0.1, 0.15) is 5.56 Å². The number of halogens is 2. The highest BCUT2D eigenvalue weighted by atomic mass is 79.9. The maximum atomic E-state index is 13.9. The zero-order valence-electron chi connectivity index (χ0n) is 9.63. The van der Waals surface area contributed by atoms with Gasteiger partial charge in [-0.05, 0) is 30.7 Å². The van der Waals surface area contributed by atoms with Gasteiger partial charge >= 0.3 is 0 Å². The first kappa shape index (κ1) is 12.1. The summed E-state index contributed by atoms with van der Waals surface area (Å²) in [7, 11) is 1.59. The number of methoxy groups -OCH3 is 1. The lowest BCUT2D eigenvalue weighted by molar-refractivity contribution is 0.416. The van der Waals surface area contributed by atoms with Crippen molar-refractivity contribution in [1.29, 1.82) is 0 Å². The number of benzene rings is 2. The van der Waals surface area contributed by atoms with E-state index < -0.39 is 0 Å². The summed E-state index contributed by atoms with van der Waals surface area (Å²) < 4.78 is 19.9. The van der Waals surface area contributed by atoms with Crippen LogP contribution in [0.4, 0.5) is 4.39 Å². The molecule has 0 aliphatic rings. The van der Waals surface area contributed by atoms with E-state index in [1.165, 1.54) is 6.07 Å². The van der Waals surface area contributed by atoms with Crippen LogP contribution in [0.25, 0.3) is 11.1 Å². The Balaban J connectivity index is 2.60. The second-order valence-electron chi connectivity index (χ2n) is 3.83. The zero-order valence-corrected chi connectivity index (χ0v) is 11.2. The van der Waals surface area contributed by atoms with Crippen LogP contribution >= 0.6 is 15.9 Å². The molecule has 0 aromatic heterocycles. The molecule has 0 radical (unpaired) electrons. The third-order valence-corrected chi connectivity index (χ3v) is 3.07. The smallest absolute Gasteiger partial charge is 0.132 e. The summed E-state index contributed by atoms with van der Waals surface area (Å²) in [5.41, 5.74) is 2.40. The van der Waals surface area contributed by atoms with Crippen molar-refractivity contribution >= 4 is 15.9 Å². The molecule has 0 atom stereocenters. The minimum Gasteiger partial charge on any atom is -0.496 e. The third-order valence-electron chi connectivity index (χ3n) is 2.58. The molecule has 0 saturated heterocycles. The third kappa shape index (κ3) is 2.50. The first-order valence-electron chi connectivity index (χ1n) is 5.22. The van der Waals surface area contributed by atoms with Crippen molar-refractivity contribution < 1.29 is 9.13 Å². The average molecular weight is 295 g/mol. The lowest BCUT2D eigenvalue weighted by Gasteiger charge is -2.10. The van der Waals surface area contributed by atoms with Crippen LogP contribution in [-0.2, 0) is 0 Å². The average Bonchev–Trinajstić information content (AvgIpc) is 2.30. The number of hydrogen-bond donors (Lipinski definition) is 0. The molecule has 0 unspecified atom stereocenters. The van der Waals surface area contributed by atoms with Crippen molar-refractivity contribution in [3.8, 4) is 16.9 Å². The van der Waals surface area contributed by atoms with E-state index in [0.29, 0.717) is 11.3 Å². The molecule has 17 heavy (non-hydrogen) atoms. The molecule has 2 aromatic carbocycles. The van der Waals surface area contributed by atoms with Gasteiger partial charge in [-0.15, -0.1) is 0 Å². The zero-order chi connectivity index (χ0) is 12.4. The normalized spacial score (nSPS) is 10.4. The molecule has 1 nitrogen and oxygen atoms in total. The van der Waals surface area contributed by atoms with E-state index in [9.17, 15) is 4.39 Å². The monoisotopic (exact) mass is 294 g/mol. The maximum Gasteiger partial charge on any atom is 0.132 e. The Kier molecular flexibility index (Phi) is 3.48. The summed E-state index contributed by atoms with van der Waals surface area (Å²) in [5, 5.41) is 0.